The lowest BCUT2D eigenvalue weighted by atomic mass is 10.3. The molecule has 18 heavy (non-hydrogen) atoms. The molecular weight excluding hydrogens is 230 g/mol. The van der Waals surface area contributed by atoms with E-state index in [1.165, 1.54) is 0 Å². The van der Waals surface area contributed by atoms with E-state index in [1.54, 1.807) is 0 Å². The molecule has 2 rings (SSSR count). The quantitative estimate of drug-likeness (QED) is 0.681. The standard InChI is InChI=1S/C13H25N3O2/c17-11-10-16-6-1-5-15(8-9-16)7-4-13(18)14-12-2-3-12/h12,17H,1-11H2,(H,14,18). The van der Waals surface area contributed by atoms with Crippen molar-refractivity contribution in [1.29, 1.82) is 0 Å². The molecule has 5 heteroatoms. The number of hydrogen-bond donors (Lipinski definition) is 2. The molecule has 1 aliphatic heterocycles. The van der Waals surface area contributed by atoms with Crippen LogP contribution >= 0.6 is 0 Å². The van der Waals surface area contributed by atoms with E-state index in [2.05, 4.69) is 15.1 Å². The van der Waals surface area contributed by atoms with Crippen LogP contribution in [0.3, 0.4) is 0 Å². The molecule has 1 aliphatic carbocycles. The summed E-state index contributed by atoms with van der Waals surface area (Å²) >= 11 is 0. The average Bonchev–Trinajstić information content (AvgIpc) is 3.15. The Kier molecular flexibility index (Phi) is 5.41. The average molecular weight is 255 g/mol. The number of aliphatic hydroxyl groups is 1. The van der Waals surface area contributed by atoms with Crippen LogP contribution in [-0.4, -0.2) is 72.7 Å². The highest BCUT2D eigenvalue weighted by Gasteiger charge is 2.23. The molecule has 0 spiro atoms. The largest absolute Gasteiger partial charge is 0.395 e. The fourth-order valence-corrected chi connectivity index (χ4v) is 2.40. The van der Waals surface area contributed by atoms with Crippen molar-refractivity contribution in [2.24, 2.45) is 0 Å². The van der Waals surface area contributed by atoms with Crippen LogP contribution in [0.15, 0.2) is 0 Å². The van der Waals surface area contributed by atoms with Gasteiger partial charge in [-0.2, -0.15) is 0 Å². The number of nitrogens with one attached hydrogen (secondary N) is 1. The minimum absolute atomic E-state index is 0.203. The maximum absolute atomic E-state index is 11.6. The number of rotatable bonds is 6. The summed E-state index contributed by atoms with van der Waals surface area (Å²) in [5.74, 6) is 0.203. The SMILES string of the molecule is O=C(CCN1CCCN(CCO)CC1)NC1CC1. The van der Waals surface area contributed by atoms with Crippen LogP contribution in [0.5, 0.6) is 0 Å². The van der Waals surface area contributed by atoms with Crippen molar-refractivity contribution in [1.82, 2.24) is 15.1 Å². The van der Waals surface area contributed by atoms with Gasteiger partial charge < -0.3 is 15.3 Å². The Morgan fingerprint density at radius 2 is 1.78 bits per heavy atom. The number of carbonyl (C=O) groups is 1. The molecule has 2 fully saturated rings. The summed E-state index contributed by atoms with van der Waals surface area (Å²) in [7, 11) is 0. The zero-order valence-corrected chi connectivity index (χ0v) is 11.1. The molecule has 0 bridgehead atoms. The van der Waals surface area contributed by atoms with E-state index in [9.17, 15) is 4.79 Å². The predicted molar refractivity (Wildman–Crippen MR) is 70.4 cm³/mol. The van der Waals surface area contributed by atoms with Crippen molar-refractivity contribution in [3.8, 4) is 0 Å². The molecule has 1 heterocycles. The molecule has 104 valence electrons. The summed E-state index contributed by atoms with van der Waals surface area (Å²) in [6, 6.07) is 0.474. The molecule has 0 atom stereocenters. The van der Waals surface area contributed by atoms with Crippen molar-refractivity contribution in [3.63, 3.8) is 0 Å². The van der Waals surface area contributed by atoms with E-state index < -0.39 is 0 Å². The normalized spacial score (nSPS) is 22.7. The summed E-state index contributed by atoms with van der Waals surface area (Å²) in [6.07, 6.45) is 4.07. The first-order valence-electron chi connectivity index (χ1n) is 7.13. The summed E-state index contributed by atoms with van der Waals surface area (Å²) in [4.78, 5) is 16.3. The fraction of sp³-hybridized carbons (Fsp3) is 0.923. The second-order valence-corrected chi connectivity index (χ2v) is 5.35. The smallest absolute Gasteiger partial charge is 0.221 e. The number of carbonyl (C=O) groups excluding carboxylic acids is 1. The van der Waals surface area contributed by atoms with Crippen molar-refractivity contribution in [2.75, 3.05) is 45.9 Å². The molecule has 2 N–H and O–H groups in total. The van der Waals surface area contributed by atoms with Gasteiger partial charge in [0.15, 0.2) is 0 Å². The van der Waals surface area contributed by atoms with Crippen LogP contribution in [0.25, 0.3) is 0 Å². The van der Waals surface area contributed by atoms with Gasteiger partial charge in [0.05, 0.1) is 6.61 Å². The zero-order chi connectivity index (χ0) is 12.8. The van der Waals surface area contributed by atoms with Crippen LogP contribution in [0.1, 0.15) is 25.7 Å². The van der Waals surface area contributed by atoms with Crippen molar-refractivity contribution in [2.45, 2.75) is 31.7 Å². The number of aliphatic hydroxyl groups excluding tert-OH is 1. The molecule has 0 aromatic carbocycles. The van der Waals surface area contributed by atoms with Gasteiger partial charge in [0.1, 0.15) is 0 Å². The molecule has 2 aliphatic rings. The summed E-state index contributed by atoms with van der Waals surface area (Å²) < 4.78 is 0. The molecule has 5 nitrogen and oxygen atoms in total. The van der Waals surface area contributed by atoms with Gasteiger partial charge in [-0.05, 0) is 32.4 Å². The number of hydrogen-bond acceptors (Lipinski definition) is 4. The Balaban J connectivity index is 1.61. The first-order chi connectivity index (χ1) is 8.78. The summed E-state index contributed by atoms with van der Waals surface area (Å²) in [5.41, 5.74) is 0. The lowest BCUT2D eigenvalue weighted by Crippen LogP contribution is -2.35. The number of nitrogens with zero attached hydrogens (tertiary/aromatic N) is 2. The minimum Gasteiger partial charge on any atom is -0.395 e. The monoisotopic (exact) mass is 255 g/mol. The van der Waals surface area contributed by atoms with Crippen molar-refractivity contribution >= 4 is 5.91 Å². The van der Waals surface area contributed by atoms with Crippen LogP contribution < -0.4 is 5.32 Å². The van der Waals surface area contributed by atoms with E-state index in [4.69, 9.17) is 5.11 Å². The molecule has 1 amide bonds. The molecule has 0 radical (unpaired) electrons. The van der Waals surface area contributed by atoms with Crippen LogP contribution in [0, 0.1) is 0 Å². The van der Waals surface area contributed by atoms with Gasteiger partial charge in [-0.3, -0.25) is 9.69 Å². The lowest BCUT2D eigenvalue weighted by Gasteiger charge is -2.20. The van der Waals surface area contributed by atoms with E-state index in [-0.39, 0.29) is 12.5 Å². The van der Waals surface area contributed by atoms with Gasteiger partial charge in [-0.15, -0.1) is 0 Å². The Hall–Kier alpha value is -0.650. The Morgan fingerprint density at radius 1 is 1.11 bits per heavy atom. The third-order valence-electron chi connectivity index (χ3n) is 3.69. The highest BCUT2D eigenvalue weighted by molar-refractivity contribution is 5.76. The first-order valence-corrected chi connectivity index (χ1v) is 7.13. The maximum atomic E-state index is 11.6. The van der Waals surface area contributed by atoms with Gasteiger partial charge in [-0.25, -0.2) is 0 Å². The Bertz CT molecular complexity index is 269. The number of amides is 1. The third-order valence-corrected chi connectivity index (χ3v) is 3.69. The maximum Gasteiger partial charge on any atom is 0.221 e. The van der Waals surface area contributed by atoms with Crippen molar-refractivity contribution in [3.05, 3.63) is 0 Å². The molecule has 0 aromatic heterocycles. The van der Waals surface area contributed by atoms with Gasteiger partial charge in [0, 0.05) is 38.6 Å². The molecule has 0 unspecified atom stereocenters. The minimum atomic E-state index is 0.203. The highest BCUT2D eigenvalue weighted by Crippen LogP contribution is 2.18. The van der Waals surface area contributed by atoms with Crippen LogP contribution in [-0.2, 0) is 4.79 Å². The zero-order valence-electron chi connectivity index (χ0n) is 11.1. The van der Waals surface area contributed by atoms with Crippen LogP contribution in [0.2, 0.25) is 0 Å². The second-order valence-electron chi connectivity index (χ2n) is 5.35. The topological polar surface area (TPSA) is 55.8 Å². The van der Waals surface area contributed by atoms with Gasteiger partial charge >= 0.3 is 0 Å². The van der Waals surface area contributed by atoms with Crippen molar-refractivity contribution < 1.29 is 9.90 Å². The Labute approximate surface area is 109 Å². The van der Waals surface area contributed by atoms with Gasteiger partial charge in [0.25, 0.3) is 0 Å². The van der Waals surface area contributed by atoms with E-state index in [0.717, 1.165) is 58.5 Å². The number of β-amino-alcohol motifs (C(OH)–C–C–N with tert-alkyl or cyclic N) is 1. The molecule has 1 saturated heterocycles. The third kappa shape index (κ3) is 4.92. The first kappa shape index (κ1) is 13.8. The molecule has 1 saturated carbocycles. The summed E-state index contributed by atoms with van der Waals surface area (Å²) in [5, 5.41) is 12.0. The predicted octanol–water partition coefficient (Wildman–Crippen LogP) is -0.345. The highest BCUT2D eigenvalue weighted by atomic mass is 16.3. The summed E-state index contributed by atoms with van der Waals surface area (Å²) in [6.45, 7) is 6.02. The molecule has 0 aromatic rings. The van der Waals surface area contributed by atoms with E-state index >= 15 is 0 Å². The fourth-order valence-electron chi connectivity index (χ4n) is 2.40. The van der Waals surface area contributed by atoms with E-state index in [0.29, 0.717) is 12.5 Å². The van der Waals surface area contributed by atoms with Gasteiger partial charge in [-0.1, -0.05) is 0 Å². The second kappa shape index (κ2) is 7.07. The lowest BCUT2D eigenvalue weighted by molar-refractivity contribution is -0.121. The van der Waals surface area contributed by atoms with Crippen LogP contribution in [0.4, 0.5) is 0 Å². The van der Waals surface area contributed by atoms with E-state index in [1.807, 2.05) is 0 Å². The Morgan fingerprint density at radius 3 is 2.39 bits per heavy atom. The molecular formula is C13H25N3O2. The van der Waals surface area contributed by atoms with Gasteiger partial charge in [0.2, 0.25) is 5.91 Å².